The molecule has 4 nitrogen and oxygen atoms in total. The predicted molar refractivity (Wildman–Crippen MR) is 91.2 cm³/mol. The van der Waals surface area contributed by atoms with E-state index in [1.807, 2.05) is 24.3 Å². The average Bonchev–Trinajstić information content (AvgIpc) is 2.57. The highest BCUT2D eigenvalue weighted by Gasteiger charge is 2.18. The lowest BCUT2D eigenvalue weighted by Crippen LogP contribution is -2.38. The van der Waals surface area contributed by atoms with Crippen LogP contribution in [0.25, 0.3) is 0 Å². The Bertz CT molecular complexity index is 626. The third kappa shape index (κ3) is 5.27. The summed E-state index contributed by atoms with van der Waals surface area (Å²) in [5.74, 6) is 1.05. The lowest BCUT2D eigenvalue weighted by atomic mass is 9.98. The third-order valence-corrected chi connectivity index (χ3v) is 3.78. The van der Waals surface area contributed by atoms with Crippen molar-refractivity contribution in [2.75, 3.05) is 13.1 Å². The molecule has 1 unspecified atom stereocenters. The molecule has 0 radical (unpaired) electrons. The number of methoxy groups -OCH3 is 1. The molecule has 23 heavy (non-hydrogen) atoms. The van der Waals surface area contributed by atoms with Crippen LogP contribution >= 0.6 is 11.6 Å². The maximum atomic E-state index is 12.5. The van der Waals surface area contributed by atoms with Crippen LogP contribution in [-0.4, -0.2) is 30.0 Å². The first-order valence-electron chi connectivity index (χ1n) is 7.35. The van der Waals surface area contributed by atoms with E-state index in [2.05, 4.69) is 5.32 Å². The number of phenolic OH excluding ortho intramolecular Hbond substituents is 1. The Balaban J connectivity index is 2.03. The van der Waals surface area contributed by atoms with Crippen molar-refractivity contribution in [3.63, 3.8) is 0 Å². The van der Waals surface area contributed by atoms with E-state index in [0.717, 1.165) is 16.9 Å². The van der Waals surface area contributed by atoms with Crippen molar-refractivity contribution in [2.24, 2.45) is 0 Å². The minimum atomic E-state index is -0.362. The zero-order valence-electron chi connectivity index (χ0n) is 13.0. The Labute approximate surface area is 141 Å². The number of aromatic hydroxyl groups is 1. The van der Waals surface area contributed by atoms with Crippen LogP contribution in [-0.2, 0) is 17.6 Å². The second-order valence-corrected chi connectivity index (χ2v) is 5.52. The molecule has 0 aliphatic heterocycles. The highest BCUT2D eigenvalue weighted by atomic mass is 35.5. The van der Waals surface area contributed by atoms with Crippen molar-refractivity contribution < 1.29 is 14.6 Å². The fraction of sp³-hybridized carbons (Fsp3) is 0.278. The normalized spacial score (nSPS) is 11.9. The number of hydrogen-bond acceptors (Lipinski definition) is 4. The third-order valence-electron chi connectivity index (χ3n) is 3.63. The summed E-state index contributed by atoms with van der Waals surface area (Å²) in [4.78, 5) is 12.5. The molecular formula is C18H20ClNO3. The molecule has 2 aromatic carbocycles. The summed E-state index contributed by atoms with van der Waals surface area (Å²) in [6, 6.07) is 14.1. The molecule has 0 aliphatic carbocycles. The topological polar surface area (TPSA) is 58.6 Å². The van der Waals surface area contributed by atoms with Crippen molar-refractivity contribution in [2.45, 2.75) is 18.9 Å². The van der Waals surface area contributed by atoms with Gasteiger partial charge in [-0.05, 0) is 41.8 Å². The number of rotatable bonds is 8. The molecule has 1 atom stereocenters. The van der Waals surface area contributed by atoms with Crippen molar-refractivity contribution in [1.29, 1.82) is 0 Å². The molecule has 0 bridgehead atoms. The van der Waals surface area contributed by atoms with Gasteiger partial charge < -0.3 is 9.84 Å². The number of carbonyl (C=O) groups excluding carboxylic acids is 1. The number of Topliss-reactive ketones (excluding diaryl/α,β-unsaturated/α-hetero) is 1. The van der Waals surface area contributed by atoms with E-state index in [9.17, 15) is 9.90 Å². The molecule has 2 aromatic rings. The molecule has 0 saturated heterocycles. The van der Waals surface area contributed by atoms with Gasteiger partial charge in [-0.25, -0.2) is 0 Å². The van der Waals surface area contributed by atoms with Crippen molar-refractivity contribution in [1.82, 2.24) is 5.32 Å². The highest BCUT2D eigenvalue weighted by Crippen LogP contribution is 2.15. The van der Waals surface area contributed by atoms with Gasteiger partial charge in [0, 0.05) is 6.42 Å². The van der Waals surface area contributed by atoms with Crippen molar-refractivity contribution in [3.05, 3.63) is 59.7 Å². The van der Waals surface area contributed by atoms with E-state index in [1.54, 1.807) is 31.4 Å². The first-order chi connectivity index (χ1) is 11.1. The van der Waals surface area contributed by atoms with E-state index in [4.69, 9.17) is 16.3 Å². The summed E-state index contributed by atoms with van der Waals surface area (Å²) in [5, 5.41) is 12.3. The molecule has 122 valence electrons. The minimum absolute atomic E-state index is 0.0730. The van der Waals surface area contributed by atoms with Crippen LogP contribution in [0.4, 0.5) is 0 Å². The quantitative estimate of drug-likeness (QED) is 0.576. The van der Waals surface area contributed by atoms with Gasteiger partial charge in [0.2, 0.25) is 0 Å². The van der Waals surface area contributed by atoms with E-state index < -0.39 is 0 Å². The van der Waals surface area contributed by atoms with E-state index in [0.29, 0.717) is 12.8 Å². The zero-order chi connectivity index (χ0) is 16.7. The Kier molecular flexibility index (Phi) is 6.44. The van der Waals surface area contributed by atoms with Crippen LogP contribution in [0, 0.1) is 0 Å². The Morgan fingerprint density at radius 1 is 1.13 bits per heavy atom. The summed E-state index contributed by atoms with van der Waals surface area (Å²) in [7, 11) is 1.61. The smallest absolute Gasteiger partial charge is 0.154 e. The van der Waals surface area contributed by atoms with Gasteiger partial charge in [0.05, 0.1) is 19.2 Å². The largest absolute Gasteiger partial charge is 0.508 e. The van der Waals surface area contributed by atoms with Crippen LogP contribution in [0.3, 0.4) is 0 Å². The van der Waals surface area contributed by atoms with Gasteiger partial charge in [0.25, 0.3) is 0 Å². The maximum absolute atomic E-state index is 12.5. The first kappa shape index (κ1) is 17.3. The van der Waals surface area contributed by atoms with Crippen LogP contribution in [0.1, 0.15) is 11.1 Å². The number of nitrogens with one attached hydrogen (secondary N) is 1. The molecule has 5 heteroatoms. The highest BCUT2D eigenvalue weighted by molar-refractivity contribution is 6.17. The fourth-order valence-electron chi connectivity index (χ4n) is 2.33. The number of carbonyl (C=O) groups is 1. The van der Waals surface area contributed by atoms with Crippen LogP contribution in [0.15, 0.2) is 48.5 Å². The fourth-order valence-corrected chi connectivity index (χ4v) is 2.51. The van der Waals surface area contributed by atoms with Crippen molar-refractivity contribution in [3.8, 4) is 11.5 Å². The molecule has 0 heterocycles. The van der Waals surface area contributed by atoms with Gasteiger partial charge in [-0.15, -0.1) is 11.6 Å². The molecule has 2 rings (SSSR count). The van der Waals surface area contributed by atoms with Gasteiger partial charge in [-0.1, -0.05) is 24.3 Å². The SMILES string of the molecule is COc1ccc(CC(=O)C(Cc2ccc(O)cc2)NCCl)cc1. The number of benzene rings is 2. The zero-order valence-corrected chi connectivity index (χ0v) is 13.7. The second-order valence-electron chi connectivity index (χ2n) is 5.25. The Morgan fingerprint density at radius 3 is 2.30 bits per heavy atom. The predicted octanol–water partition coefficient (Wildman–Crippen LogP) is 2.91. The number of ketones is 1. The summed E-state index contributed by atoms with van der Waals surface area (Å²) < 4.78 is 5.11. The number of alkyl halides is 1. The molecule has 0 fully saturated rings. The Morgan fingerprint density at radius 2 is 1.74 bits per heavy atom. The first-order valence-corrected chi connectivity index (χ1v) is 7.88. The van der Waals surface area contributed by atoms with Gasteiger partial charge in [-0.2, -0.15) is 0 Å². The summed E-state index contributed by atoms with van der Waals surface area (Å²) >= 11 is 5.75. The average molecular weight is 334 g/mol. The lowest BCUT2D eigenvalue weighted by molar-refractivity contribution is -0.120. The number of halogens is 1. The summed E-state index contributed by atoms with van der Waals surface area (Å²) in [6.07, 6.45) is 0.860. The summed E-state index contributed by atoms with van der Waals surface area (Å²) in [5.41, 5.74) is 1.90. The standard InChI is InChI=1S/C18H20ClNO3/c1-23-16-8-4-14(5-9-16)11-18(22)17(20-12-19)10-13-2-6-15(21)7-3-13/h2-9,17,20-21H,10-12H2,1H3. The van der Waals surface area contributed by atoms with Crippen LogP contribution in [0.5, 0.6) is 11.5 Å². The summed E-state index contributed by atoms with van der Waals surface area (Å²) in [6.45, 7) is 0. The molecule has 0 spiro atoms. The van der Waals surface area contributed by atoms with Crippen molar-refractivity contribution >= 4 is 17.4 Å². The molecule has 0 saturated carbocycles. The molecule has 2 N–H and O–H groups in total. The number of ether oxygens (including phenoxy) is 1. The van der Waals surface area contributed by atoms with Crippen LogP contribution in [0.2, 0.25) is 0 Å². The maximum Gasteiger partial charge on any atom is 0.154 e. The Hall–Kier alpha value is -2.04. The minimum Gasteiger partial charge on any atom is -0.508 e. The number of phenols is 1. The monoisotopic (exact) mass is 333 g/mol. The number of hydrogen-bond donors (Lipinski definition) is 2. The molecular weight excluding hydrogens is 314 g/mol. The van der Waals surface area contributed by atoms with Gasteiger partial charge in [0.1, 0.15) is 11.5 Å². The van der Waals surface area contributed by atoms with Gasteiger partial charge in [0.15, 0.2) is 5.78 Å². The van der Waals surface area contributed by atoms with E-state index >= 15 is 0 Å². The lowest BCUT2D eigenvalue weighted by Gasteiger charge is -2.16. The van der Waals surface area contributed by atoms with Crippen LogP contribution < -0.4 is 10.1 Å². The van der Waals surface area contributed by atoms with Gasteiger partial charge in [-0.3, -0.25) is 10.1 Å². The van der Waals surface area contributed by atoms with Gasteiger partial charge >= 0.3 is 0 Å². The molecule has 0 aliphatic rings. The second kappa shape index (κ2) is 8.56. The van der Waals surface area contributed by atoms with E-state index in [-0.39, 0.29) is 23.6 Å². The molecule has 0 aromatic heterocycles. The molecule has 0 amide bonds. The van der Waals surface area contributed by atoms with E-state index in [1.165, 1.54) is 0 Å².